The summed E-state index contributed by atoms with van der Waals surface area (Å²) in [7, 11) is 0. The highest BCUT2D eigenvalue weighted by Crippen LogP contribution is 2.24. The van der Waals surface area contributed by atoms with Gasteiger partial charge in [-0.1, -0.05) is 6.92 Å². The van der Waals surface area contributed by atoms with E-state index in [4.69, 9.17) is 4.84 Å². The van der Waals surface area contributed by atoms with Gasteiger partial charge in [0.1, 0.15) is 5.60 Å². The van der Waals surface area contributed by atoms with Crippen molar-refractivity contribution in [1.29, 1.82) is 0 Å². The average Bonchev–Trinajstić information content (AvgIpc) is 2.12. The van der Waals surface area contributed by atoms with E-state index in [2.05, 4.69) is 18.5 Å². The van der Waals surface area contributed by atoms with E-state index in [1.165, 1.54) is 0 Å². The Labute approximate surface area is 66.0 Å². The molecule has 10 heavy (non-hydrogen) atoms. The van der Waals surface area contributed by atoms with E-state index in [1.807, 2.05) is 13.8 Å². The van der Waals surface area contributed by atoms with Gasteiger partial charge in [-0.05, 0) is 25.7 Å². The molecule has 0 aliphatic carbocycles. The molecule has 58 valence electrons. The Balaban J connectivity index is 2.49. The van der Waals surface area contributed by atoms with Gasteiger partial charge in [-0.3, -0.25) is 10.3 Å². The SMILES string of the molecule is CCSC1=CC(C)(C)ON1. The molecule has 1 aliphatic rings. The lowest BCUT2D eigenvalue weighted by Gasteiger charge is -2.11. The van der Waals surface area contributed by atoms with Crippen LogP contribution in [0.1, 0.15) is 20.8 Å². The number of hydroxylamine groups is 1. The maximum absolute atomic E-state index is 5.24. The molecule has 1 rings (SSSR count). The van der Waals surface area contributed by atoms with Crippen molar-refractivity contribution >= 4 is 11.8 Å². The van der Waals surface area contributed by atoms with Crippen molar-refractivity contribution in [1.82, 2.24) is 5.48 Å². The third-order valence-electron chi connectivity index (χ3n) is 1.19. The molecule has 0 unspecified atom stereocenters. The summed E-state index contributed by atoms with van der Waals surface area (Å²) in [5.74, 6) is 1.08. The van der Waals surface area contributed by atoms with Crippen LogP contribution in [0.3, 0.4) is 0 Å². The zero-order valence-electron chi connectivity index (χ0n) is 6.60. The van der Waals surface area contributed by atoms with Gasteiger partial charge in [-0.2, -0.15) is 0 Å². The van der Waals surface area contributed by atoms with Gasteiger partial charge in [0, 0.05) is 0 Å². The predicted molar refractivity (Wildman–Crippen MR) is 44.5 cm³/mol. The molecule has 0 aromatic rings. The molecule has 0 spiro atoms. The maximum atomic E-state index is 5.24. The minimum Gasteiger partial charge on any atom is -0.265 e. The van der Waals surface area contributed by atoms with E-state index < -0.39 is 0 Å². The fraction of sp³-hybridized carbons (Fsp3) is 0.714. The first-order chi connectivity index (χ1) is 4.64. The van der Waals surface area contributed by atoms with Crippen LogP contribution in [0.25, 0.3) is 0 Å². The lowest BCUT2D eigenvalue weighted by molar-refractivity contribution is -0.0126. The minimum absolute atomic E-state index is 0.127. The summed E-state index contributed by atoms with van der Waals surface area (Å²) in [6, 6.07) is 0. The minimum atomic E-state index is -0.127. The Bertz CT molecular complexity index is 154. The highest BCUT2D eigenvalue weighted by atomic mass is 32.2. The van der Waals surface area contributed by atoms with Gasteiger partial charge in [-0.25, -0.2) is 0 Å². The van der Waals surface area contributed by atoms with Crippen LogP contribution in [0.15, 0.2) is 11.1 Å². The number of hydrogen-bond acceptors (Lipinski definition) is 3. The Kier molecular flexibility index (Phi) is 2.26. The molecule has 0 radical (unpaired) electrons. The fourth-order valence-corrected chi connectivity index (χ4v) is 1.56. The summed E-state index contributed by atoms with van der Waals surface area (Å²) in [6.07, 6.45) is 2.10. The van der Waals surface area contributed by atoms with Crippen molar-refractivity contribution in [3.63, 3.8) is 0 Å². The molecule has 0 saturated carbocycles. The second kappa shape index (κ2) is 2.84. The molecule has 0 bridgehead atoms. The maximum Gasteiger partial charge on any atom is 0.111 e. The van der Waals surface area contributed by atoms with Gasteiger partial charge in [0.25, 0.3) is 0 Å². The Morgan fingerprint density at radius 2 is 2.40 bits per heavy atom. The third kappa shape index (κ3) is 1.92. The van der Waals surface area contributed by atoms with Crippen LogP contribution in [0.2, 0.25) is 0 Å². The van der Waals surface area contributed by atoms with Gasteiger partial charge >= 0.3 is 0 Å². The van der Waals surface area contributed by atoms with Crippen molar-refractivity contribution in [2.24, 2.45) is 0 Å². The van der Waals surface area contributed by atoms with Crippen LogP contribution in [0.5, 0.6) is 0 Å². The van der Waals surface area contributed by atoms with E-state index in [-0.39, 0.29) is 5.60 Å². The second-order valence-corrected chi connectivity index (χ2v) is 4.06. The van der Waals surface area contributed by atoms with Gasteiger partial charge in [-0.15, -0.1) is 11.8 Å². The highest BCUT2D eigenvalue weighted by molar-refractivity contribution is 8.02. The van der Waals surface area contributed by atoms with Crippen LogP contribution in [-0.4, -0.2) is 11.4 Å². The molecule has 2 nitrogen and oxygen atoms in total. The number of rotatable bonds is 2. The lowest BCUT2D eigenvalue weighted by Crippen LogP contribution is -2.20. The Hall–Kier alpha value is -0.150. The monoisotopic (exact) mass is 159 g/mol. The molecule has 0 fully saturated rings. The number of thioether (sulfide) groups is 1. The zero-order chi connectivity index (χ0) is 7.61. The summed E-state index contributed by atoms with van der Waals surface area (Å²) in [6.45, 7) is 6.19. The Morgan fingerprint density at radius 1 is 1.70 bits per heavy atom. The van der Waals surface area contributed by atoms with E-state index in [1.54, 1.807) is 11.8 Å². The Morgan fingerprint density at radius 3 is 2.80 bits per heavy atom. The van der Waals surface area contributed by atoms with Crippen molar-refractivity contribution < 1.29 is 4.84 Å². The number of nitrogens with one attached hydrogen (secondary N) is 1. The molecule has 0 atom stereocenters. The first-order valence-corrected chi connectivity index (χ1v) is 4.42. The van der Waals surface area contributed by atoms with Crippen molar-refractivity contribution in [3.05, 3.63) is 11.1 Å². The highest BCUT2D eigenvalue weighted by Gasteiger charge is 2.23. The smallest absolute Gasteiger partial charge is 0.111 e. The molecule has 1 N–H and O–H groups in total. The van der Waals surface area contributed by atoms with Crippen molar-refractivity contribution in [2.45, 2.75) is 26.4 Å². The first kappa shape index (κ1) is 7.95. The molecule has 0 saturated heterocycles. The van der Waals surface area contributed by atoms with E-state index in [0.29, 0.717) is 0 Å². The molecule has 1 aliphatic heterocycles. The molecular weight excluding hydrogens is 146 g/mol. The van der Waals surface area contributed by atoms with Crippen LogP contribution in [-0.2, 0) is 4.84 Å². The summed E-state index contributed by atoms with van der Waals surface area (Å²) < 4.78 is 0. The fourth-order valence-electron chi connectivity index (χ4n) is 0.783. The van der Waals surface area contributed by atoms with Crippen molar-refractivity contribution in [3.8, 4) is 0 Å². The normalized spacial score (nSPS) is 22.1. The topological polar surface area (TPSA) is 21.3 Å². The third-order valence-corrected chi connectivity index (χ3v) is 1.99. The van der Waals surface area contributed by atoms with Crippen molar-refractivity contribution in [2.75, 3.05) is 5.75 Å². The first-order valence-electron chi connectivity index (χ1n) is 3.44. The van der Waals surface area contributed by atoms with Gasteiger partial charge in [0.15, 0.2) is 0 Å². The second-order valence-electron chi connectivity index (χ2n) is 2.75. The molecule has 0 aromatic heterocycles. The molecular formula is C7H13NOS. The largest absolute Gasteiger partial charge is 0.265 e. The van der Waals surface area contributed by atoms with E-state index >= 15 is 0 Å². The van der Waals surface area contributed by atoms with E-state index in [0.717, 1.165) is 10.8 Å². The number of hydrogen-bond donors (Lipinski definition) is 1. The standard InChI is InChI=1S/C7H13NOS/c1-4-10-6-5-7(2,3)9-8-6/h5,8H,4H2,1-3H3. The molecule has 0 amide bonds. The van der Waals surface area contributed by atoms with Crippen LogP contribution >= 0.6 is 11.8 Å². The zero-order valence-corrected chi connectivity index (χ0v) is 7.42. The van der Waals surface area contributed by atoms with Crippen LogP contribution in [0.4, 0.5) is 0 Å². The summed E-state index contributed by atoms with van der Waals surface area (Å²) >= 11 is 1.77. The molecule has 1 heterocycles. The van der Waals surface area contributed by atoms with Gasteiger partial charge in [0.05, 0.1) is 5.03 Å². The lowest BCUT2D eigenvalue weighted by atomic mass is 10.1. The quantitative estimate of drug-likeness (QED) is 0.665. The molecule has 0 aromatic carbocycles. The summed E-state index contributed by atoms with van der Waals surface area (Å²) in [5.41, 5.74) is 2.74. The van der Waals surface area contributed by atoms with Gasteiger partial charge < -0.3 is 0 Å². The predicted octanol–water partition coefficient (Wildman–Crippen LogP) is 1.89. The molecule has 3 heteroatoms. The average molecular weight is 159 g/mol. The van der Waals surface area contributed by atoms with Gasteiger partial charge in [0.2, 0.25) is 0 Å². The van der Waals surface area contributed by atoms with E-state index in [9.17, 15) is 0 Å². The summed E-state index contributed by atoms with van der Waals surface area (Å²) in [5, 5.41) is 1.13. The van der Waals surface area contributed by atoms with Crippen LogP contribution < -0.4 is 5.48 Å². The summed E-state index contributed by atoms with van der Waals surface area (Å²) in [4.78, 5) is 5.24. The van der Waals surface area contributed by atoms with Crippen LogP contribution in [0, 0.1) is 0 Å².